The molecule has 2 fully saturated rings. The van der Waals surface area contributed by atoms with Crippen LogP contribution in [-0.2, 0) is 21.4 Å². The van der Waals surface area contributed by atoms with Crippen molar-refractivity contribution in [2.24, 2.45) is 7.05 Å². The van der Waals surface area contributed by atoms with Crippen LogP contribution in [0.4, 0.5) is 0 Å². The highest BCUT2D eigenvalue weighted by atomic mass is 16.6. The van der Waals surface area contributed by atoms with E-state index in [0.717, 1.165) is 27.4 Å². The summed E-state index contributed by atoms with van der Waals surface area (Å²) in [6.07, 6.45) is 0.0628. The zero-order valence-corrected chi connectivity index (χ0v) is 22.1. The van der Waals surface area contributed by atoms with Crippen LogP contribution in [0.15, 0.2) is 60.9 Å². The Kier molecular flexibility index (Phi) is 6.97. The number of imide groups is 1. The summed E-state index contributed by atoms with van der Waals surface area (Å²) in [5, 5.41) is 44.9. The van der Waals surface area contributed by atoms with Crippen molar-refractivity contribution in [3.63, 3.8) is 0 Å². The third kappa shape index (κ3) is 4.51. The molecular formula is C30H33N3O7. The largest absolute Gasteiger partial charge is 0.390 e. The highest BCUT2D eigenvalue weighted by Gasteiger charge is 2.46. The number of hydrogen-bond donors (Lipinski definition) is 5. The maximum absolute atomic E-state index is 13.3. The second-order valence-electron chi connectivity index (χ2n) is 10.9. The number of amides is 2. The number of nitrogens with zero attached hydrogens (tertiary/aromatic N) is 2. The number of hydrogen-bond acceptors (Lipinski definition) is 7. The molecule has 2 saturated heterocycles. The molecule has 10 nitrogen and oxygen atoms in total. The Morgan fingerprint density at radius 1 is 0.925 bits per heavy atom. The quantitative estimate of drug-likeness (QED) is 0.223. The molecular weight excluding hydrogens is 514 g/mol. The fourth-order valence-electron chi connectivity index (χ4n) is 6.35. The van der Waals surface area contributed by atoms with E-state index in [9.17, 15) is 30.0 Å². The first-order valence-electron chi connectivity index (χ1n) is 13.6. The van der Waals surface area contributed by atoms with Gasteiger partial charge in [-0.2, -0.15) is 0 Å². The minimum atomic E-state index is -1.44. The zero-order valence-electron chi connectivity index (χ0n) is 22.1. The Morgan fingerprint density at radius 2 is 1.52 bits per heavy atom. The van der Waals surface area contributed by atoms with E-state index < -0.39 is 42.7 Å². The SMILES string of the molecule is Cn1cc(C2C(=O)NC(=O)C2c2cn(C(O)CCCC3C[C@@H](O)[C@@H](O)[C@H](O)O3)c3ccccc23)c2ccccc21. The van der Waals surface area contributed by atoms with Gasteiger partial charge in [0.25, 0.3) is 0 Å². The molecule has 2 aliphatic heterocycles. The van der Waals surface area contributed by atoms with Crippen LogP contribution in [0.25, 0.3) is 21.8 Å². The highest BCUT2D eigenvalue weighted by molar-refractivity contribution is 6.13. The second-order valence-corrected chi connectivity index (χ2v) is 10.9. The number of rotatable bonds is 7. The Hall–Kier alpha value is -3.54. The topological polar surface area (TPSA) is 146 Å². The first kappa shape index (κ1) is 26.7. The van der Waals surface area contributed by atoms with Crippen molar-refractivity contribution in [3.05, 3.63) is 72.1 Å². The molecule has 0 radical (unpaired) electrons. The van der Waals surface area contributed by atoms with Crippen LogP contribution in [-0.4, -0.2) is 66.0 Å². The Morgan fingerprint density at radius 3 is 2.20 bits per heavy atom. The van der Waals surface area contributed by atoms with Crippen molar-refractivity contribution in [1.82, 2.24) is 14.5 Å². The van der Waals surface area contributed by atoms with Gasteiger partial charge >= 0.3 is 0 Å². The lowest BCUT2D eigenvalue weighted by Crippen LogP contribution is -2.48. The highest BCUT2D eigenvalue weighted by Crippen LogP contribution is 2.44. The average Bonchev–Trinajstić information content (AvgIpc) is 3.57. The van der Waals surface area contributed by atoms with Gasteiger partial charge < -0.3 is 34.3 Å². The monoisotopic (exact) mass is 547 g/mol. The van der Waals surface area contributed by atoms with E-state index in [1.807, 2.05) is 66.3 Å². The molecule has 2 aromatic heterocycles. The van der Waals surface area contributed by atoms with E-state index in [1.165, 1.54) is 0 Å². The molecule has 0 spiro atoms. The lowest BCUT2D eigenvalue weighted by atomic mass is 9.83. The summed E-state index contributed by atoms with van der Waals surface area (Å²) in [7, 11) is 1.92. The zero-order chi connectivity index (χ0) is 28.1. The Balaban J connectivity index is 1.29. The molecule has 10 heteroatoms. The normalized spacial score (nSPS) is 27.9. The summed E-state index contributed by atoms with van der Waals surface area (Å²) in [4.78, 5) is 26.5. The minimum absolute atomic E-state index is 0.200. The molecule has 210 valence electrons. The van der Waals surface area contributed by atoms with Gasteiger partial charge in [0, 0.05) is 42.2 Å². The fraction of sp³-hybridized carbons (Fsp3) is 0.400. The van der Waals surface area contributed by atoms with Crippen LogP contribution >= 0.6 is 0 Å². The van der Waals surface area contributed by atoms with Gasteiger partial charge in [-0.25, -0.2) is 0 Å². The molecule has 6 rings (SSSR count). The molecule has 2 aromatic carbocycles. The summed E-state index contributed by atoms with van der Waals surface area (Å²) in [6, 6.07) is 15.3. The van der Waals surface area contributed by atoms with E-state index in [0.29, 0.717) is 24.8 Å². The van der Waals surface area contributed by atoms with Crippen molar-refractivity contribution in [3.8, 4) is 0 Å². The van der Waals surface area contributed by atoms with Crippen LogP contribution in [0.5, 0.6) is 0 Å². The summed E-state index contributed by atoms with van der Waals surface area (Å²) in [6.45, 7) is 0. The molecule has 2 aliphatic rings. The van der Waals surface area contributed by atoms with Crippen molar-refractivity contribution in [1.29, 1.82) is 0 Å². The fourth-order valence-corrected chi connectivity index (χ4v) is 6.35. The number of carbonyl (C=O) groups excluding carboxylic acids is 2. The predicted molar refractivity (Wildman–Crippen MR) is 146 cm³/mol. The smallest absolute Gasteiger partial charge is 0.235 e. The maximum Gasteiger partial charge on any atom is 0.235 e. The number of aryl methyl sites for hydroxylation is 1. The first-order chi connectivity index (χ1) is 19.2. The number of fused-ring (bicyclic) bond motifs is 2. The van der Waals surface area contributed by atoms with Crippen molar-refractivity contribution >= 4 is 33.6 Å². The van der Waals surface area contributed by atoms with Gasteiger partial charge in [0.1, 0.15) is 12.3 Å². The third-order valence-electron chi connectivity index (χ3n) is 8.35. The van der Waals surface area contributed by atoms with E-state index in [4.69, 9.17) is 4.74 Å². The van der Waals surface area contributed by atoms with Gasteiger partial charge in [-0.1, -0.05) is 36.4 Å². The van der Waals surface area contributed by atoms with Crippen LogP contribution in [0.2, 0.25) is 0 Å². The van der Waals surface area contributed by atoms with Gasteiger partial charge in [-0.05, 0) is 42.5 Å². The van der Waals surface area contributed by atoms with Crippen LogP contribution in [0.3, 0.4) is 0 Å². The number of nitrogens with one attached hydrogen (secondary N) is 1. The van der Waals surface area contributed by atoms with Gasteiger partial charge in [0.05, 0.1) is 29.6 Å². The molecule has 0 bridgehead atoms. The summed E-state index contributed by atoms with van der Waals surface area (Å²) < 4.78 is 9.08. The maximum atomic E-state index is 13.3. The van der Waals surface area contributed by atoms with Crippen LogP contribution < -0.4 is 5.32 Å². The van der Waals surface area contributed by atoms with E-state index in [2.05, 4.69) is 5.32 Å². The Bertz CT molecular complexity index is 1560. The number of ether oxygens (including phenoxy) is 1. The van der Waals surface area contributed by atoms with E-state index >= 15 is 0 Å². The molecule has 4 aromatic rings. The summed E-state index contributed by atoms with van der Waals surface area (Å²) in [5.74, 6) is -2.19. The molecule has 0 saturated carbocycles. The van der Waals surface area contributed by atoms with Gasteiger partial charge in [-0.3, -0.25) is 14.9 Å². The van der Waals surface area contributed by atoms with Gasteiger partial charge in [0.15, 0.2) is 6.29 Å². The summed E-state index contributed by atoms with van der Waals surface area (Å²) >= 11 is 0. The van der Waals surface area contributed by atoms with Crippen molar-refractivity contribution in [2.45, 2.75) is 68.3 Å². The molecule has 40 heavy (non-hydrogen) atoms. The standard InChI is InChI=1S/C30H33N3O7/c1-32-14-19(17-8-2-4-10-21(17)32)25-26(29(38)31-28(25)37)20-15-33(22-11-5-3-9-18(20)22)24(35)12-6-7-16-13-23(34)27(36)30(39)40-16/h2-5,8-11,14-16,23-27,30,34-36,39H,6-7,12-13H2,1H3,(H,31,37,38)/t16?,23-,24?,25?,26?,27-,30-/m1/s1. The third-order valence-corrected chi connectivity index (χ3v) is 8.35. The van der Waals surface area contributed by atoms with Crippen LogP contribution in [0, 0.1) is 0 Å². The van der Waals surface area contributed by atoms with Gasteiger partial charge in [-0.15, -0.1) is 0 Å². The number of carbonyl (C=O) groups is 2. The van der Waals surface area contributed by atoms with Crippen molar-refractivity contribution < 1.29 is 34.8 Å². The first-order valence-corrected chi connectivity index (χ1v) is 13.6. The van der Waals surface area contributed by atoms with Crippen LogP contribution in [0.1, 0.15) is 54.9 Å². The molecule has 4 heterocycles. The number of aliphatic hydroxyl groups is 4. The minimum Gasteiger partial charge on any atom is -0.390 e. The number of aromatic nitrogens is 2. The average molecular weight is 548 g/mol. The number of benzene rings is 2. The Labute approximate surface area is 230 Å². The van der Waals surface area contributed by atoms with Gasteiger partial charge in [0.2, 0.25) is 11.8 Å². The van der Waals surface area contributed by atoms with E-state index in [1.54, 1.807) is 10.8 Å². The molecule has 0 aliphatic carbocycles. The number of aliphatic hydroxyl groups excluding tert-OH is 4. The molecule has 7 atom stereocenters. The second kappa shape index (κ2) is 10.5. The summed E-state index contributed by atoms with van der Waals surface area (Å²) in [5.41, 5.74) is 3.17. The lowest BCUT2D eigenvalue weighted by molar-refractivity contribution is -0.248. The molecule has 4 unspecified atom stereocenters. The predicted octanol–water partition coefficient (Wildman–Crippen LogP) is 2.15. The number of para-hydroxylation sites is 2. The lowest BCUT2D eigenvalue weighted by Gasteiger charge is -2.34. The molecule has 2 amide bonds. The molecule has 5 N–H and O–H groups in total. The van der Waals surface area contributed by atoms with Crippen molar-refractivity contribution in [2.75, 3.05) is 0 Å². The van der Waals surface area contributed by atoms with E-state index in [-0.39, 0.29) is 18.2 Å².